The topological polar surface area (TPSA) is 198 Å². The molecule has 4 fully saturated rings. The number of hydrogen-bond acceptors (Lipinski definition) is 17. The van der Waals surface area contributed by atoms with Crippen molar-refractivity contribution in [3.63, 3.8) is 0 Å². The lowest BCUT2D eigenvalue weighted by molar-refractivity contribution is -0.163. The van der Waals surface area contributed by atoms with Crippen molar-refractivity contribution >= 4 is 57.6 Å². The number of unbranched alkanes of at least 4 members (excludes halogenated alkanes) is 12. The van der Waals surface area contributed by atoms with Crippen molar-refractivity contribution in [3.05, 3.63) is 47.7 Å². The van der Waals surface area contributed by atoms with E-state index in [9.17, 15) is 28.4 Å². The molecular weight excluding hydrogens is 1080 g/mol. The van der Waals surface area contributed by atoms with E-state index in [0.29, 0.717) is 38.6 Å². The van der Waals surface area contributed by atoms with Crippen molar-refractivity contribution in [1.29, 1.82) is 0 Å². The van der Waals surface area contributed by atoms with Gasteiger partial charge in [-0.05, 0) is 68.7 Å². The molecule has 6 heterocycles. The lowest BCUT2D eigenvalue weighted by Gasteiger charge is -2.41. The second-order valence-electron chi connectivity index (χ2n) is 22.5. The Labute approximate surface area is 483 Å². The molecule has 18 nitrogen and oxygen atoms in total. The van der Waals surface area contributed by atoms with Crippen LogP contribution in [-0.2, 0) is 38.1 Å². The van der Waals surface area contributed by atoms with Gasteiger partial charge >= 0.3 is 36.2 Å². The number of esters is 3. The number of nitrogens with zero attached hydrogens (tertiary/aromatic N) is 6. The van der Waals surface area contributed by atoms with E-state index in [1.807, 2.05) is 4.90 Å². The largest absolute Gasteiger partial charge is 0.514 e. The van der Waals surface area contributed by atoms with Crippen LogP contribution in [0.25, 0.3) is 32.9 Å². The molecule has 2 aromatic carbocycles. The number of piperazine rings is 1. The fourth-order valence-corrected chi connectivity index (χ4v) is 12.1. The predicted octanol–water partition coefficient (Wildman–Crippen LogP) is 12.0. The van der Waals surface area contributed by atoms with E-state index in [1.54, 1.807) is 4.90 Å². The van der Waals surface area contributed by atoms with Gasteiger partial charge in [-0.15, -0.1) is 6.42 Å². The zero-order chi connectivity index (χ0) is 59.0. The van der Waals surface area contributed by atoms with Crippen LogP contribution in [0.1, 0.15) is 168 Å². The Bertz CT molecular complexity index is 2930. The zero-order valence-corrected chi connectivity index (χ0v) is 48.4. The second-order valence-corrected chi connectivity index (χ2v) is 22.5. The van der Waals surface area contributed by atoms with Crippen molar-refractivity contribution in [2.45, 2.75) is 199 Å². The minimum Gasteiger partial charge on any atom is -0.462 e. The highest BCUT2D eigenvalue weighted by Crippen LogP contribution is 2.43. The van der Waals surface area contributed by atoms with Crippen LogP contribution in [0.3, 0.4) is 0 Å². The molecule has 4 saturated heterocycles. The summed E-state index contributed by atoms with van der Waals surface area (Å²) in [4.78, 5) is 84.3. The van der Waals surface area contributed by atoms with E-state index in [1.165, 1.54) is 38.2 Å². The highest BCUT2D eigenvalue weighted by Gasteiger charge is 2.50. The molecule has 4 aliphatic rings. The van der Waals surface area contributed by atoms with E-state index in [2.05, 4.69) is 34.6 Å². The molecule has 21 heteroatoms. The van der Waals surface area contributed by atoms with Crippen molar-refractivity contribution in [2.24, 2.45) is 0 Å². The summed E-state index contributed by atoms with van der Waals surface area (Å²) in [6.45, 7) is 7.57. The Balaban J connectivity index is 1.07. The summed E-state index contributed by atoms with van der Waals surface area (Å²) >= 11 is 0. The molecule has 0 N–H and O–H groups in total. The van der Waals surface area contributed by atoms with Gasteiger partial charge in [0.25, 0.3) is 0 Å². The summed E-state index contributed by atoms with van der Waals surface area (Å²) in [6, 6.07) is 4.22. The number of rotatable bonds is 29. The molecule has 5 atom stereocenters. The third kappa shape index (κ3) is 16.0. The number of pyridine rings is 1. The smallest absolute Gasteiger partial charge is 0.462 e. The molecule has 3 unspecified atom stereocenters. The van der Waals surface area contributed by atoms with Gasteiger partial charge in [0.15, 0.2) is 11.9 Å². The van der Waals surface area contributed by atoms with Crippen LogP contribution in [0, 0.1) is 24.0 Å². The number of amides is 1. The van der Waals surface area contributed by atoms with Crippen LogP contribution >= 0.6 is 0 Å². The summed E-state index contributed by atoms with van der Waals surface area (Å²) < 4.78 is 87.9. The fraction of sp³-hybridized carbons (Fsp3) is 0.613. The highest BCUT2D eigenvalue weighted by atomic mass is 19.1. The Kier molecular flexibility index (Phi) is 22.1. The third-order valence-corrected chi connectivity index (χ3v) is 16.2. The number of fused-ring (bicyclic) bond motifs is 5. The third-order valence-electron chi connectivity index (χ3n) is 16.2. The van der Waals surface area contributed by atoms with Gasteiger partial charge in [0.05, 0.1) is 28.6 Å². The first-order valence-corrected chi connectivity index (χ1v) is 29.8. The summed E-state index contributed by atoms with van der Waals surface area (Å²) in [6.07, 6.45) is 19.2. The lowest BCUT2D eigenvalue weighted by atomic mass is 9.95. The number of benzene rings is 2. The molecule has 2 bridgehead atoms. The number of hydrogen-bond donors (Lipinski definition) is 0. The van der Waals surface area contributed by atoms with Crippen LogP contribution in [-0.4, -0.2) is 137 Å². The van der Waals surface area contributed by atoms with Crippen LogP contribution in [0.2, 0.25) is 0 Å². The Morgan fingerprint density at radius 1 is 0.819 bits per heavy atom. The minimum absolute atomic E-state index is 0.0263. The fourth-order valence-electron chi connectivity index (χ4n) is 12.1. The molecular formula is C62H79F3N6O12. The van der Waals surface area contributed by atoms with Crippen molar-refractivity contribution in [2.75, 3.05) is 50.9 Å². The average molecular weight is 1160 g/mol. The van der Waals surface area contributed by atoms with Gasteiger partial charge < -0.3 is 38.1 Å². The molecule has 4 aromatic rings. The molecule has 0 saturated carbocycles. The minimum atomic E-state index is -1.28. The van der Waals surface area contributed by atoms with Crippen LogP contribution < -0.4 is 14.4 Å². The van der Waals surface area contributed by atoms with Crippen LogP contribution in [0.4, 0.5) is 28.6 Å². The lowest BCUT2D eigenvalue weighted by Crippen LogP contribution is -2.56. The molecule has 4 aliphatic heterocycles. The highest BCUT2D eigenvalue weighted by molar-refractivity contribution is 6.03. The standard InChI is InChI=1S/C62H79F3N6O12/c1-6-9-11-13-15-17-19-22-52(73)77-37-47(38-78-53(74)23-20-18-16-14-12-10-7-2)83-61(76)82-46-30-42-24-27-51(64)48(8-3)54(42)49(31-46)56-55(65)57-50(33-66-56)58(68-59(67-57)79-39-62-28-21-29-70(62)34-43(63)32-62)69-35-44-25-26-45(36-69)71(44)60(75)81-41(5)80-40(4)72/h3,24,27,30-31,33,41,43-45,47H,6-7,9-23,25-26,28-29,32,34-39H2,1-2,4-5H3/t41?,43-,44?,45?,62+/m1/s1. The maximum Gasteiger partial charge on any atom is 0.514 e. The normalized spacial score (nSPS) is 19.6. The SMILES string of the molecule is C#Cc1c(F)ccc2cc(OC(=O)OC(COC(=O)CCCCCCCCC)COC(=O)CCCCCCCCC)cc(-c3ncc4c(N5CC6CCC(C5)N6C(=O)OC(C)OC(C)=O)nc(OC[C@@]56CCCN5C[C@H](F)C6)nc4c3F)c12. The van der Waals surface area contributed by atoms with Gasteiger partial charge in [0.1, 0.15) is 54.6 Å². The number of aromatic nitrogens is 3. The van der Waals surface area contributed by atoms with Gasteiger partial charge in [-0.1, -0.05) is 103 Å². The number of terminal acetylenes is 1. The first-order valence-electron chi connectivity index (χ1n) is 29.8. The zero-order valence-electron chi connectivity index (χ0n) is 48.4. The number of ether oxygens (including phenoxy) is 7. The van der Waals surface area contributed by atoms with E-state index in [0.717, 1.165) is 89.5 Å². The molecule has 1 amide bonds. The van der Waals surface area contributed by atoms with E-state index >= 15 is 8.78 Å². The average Bonchev–Trinajstić information content (AvgIpc) is 4.19. The number of carbonyl (C=O) groups is 5. The second kappa shape index (κ2) is 29.5. The van der Waals surface area contributed by atoms with Gasteiger partial charge in [-0.25, -0.2) is 22.8 Å². The molecule has 450 valence electrons. The summed E-state index contributed by atoms with van der Waals surface area (Å²) in [7, 11) is 0. The van der Waals surface area contributed by atoms with Crippen LogP contribution in [0.5, 0.6) is 11.8 Å². The van der Waals surface area contributed by atoms with E-state index < -0.39 is 79.1 Å². The number of carbonyl (C=O) groups excluding carboxylic acids is 5. The molecule has 0 radical (unpaired) electrons. The number of anilines is 1. The van der Waals surface area contributed by atoms with Gasteiger partial charge in [-0.2, -0.15) is 9.97 Å². The van der Waals surface area contributed by atoms with Crippen LogP contribution in [0.15, 0.2) is 30.5 Å². The molecule has 8 rings (SSSR count). The van der Waals surface area contributed by atoms with Crippen molar-refractivity contribution in [1.82, 2.24) is 24.8 Å². The Morgan fingerprint density at radius 3 is 2.08 bits per heavy atom. The Hall–Kier alpha value is -6.95. The predicted molar refractivity (Wildman–Crippen MR) is 303 cm³/mol. The molecule has 83 heavy (non-hydrogen) atoms. The monoisotopic (exact) mass is 1160 g/mol. The van der Waals surface area contributed by atoms with Gasteiger partial charge in [0.2, 0.25) is 6.29 Å². The first-order chi connectivity index (χ1) is 40.1. The number of halogens is 3. The van der Waals surface area contributed by atoms with Gasteiger partial charge in [-0.3, -0.25) is 29.2 Å². The van der Waals surface area contributed by atoms with Crippen molar-refractivity contribution in [3.8, 4) is 35.4 Å². The Morgan fingerprint density at radius 2 is 1.46 bits per heavy atom. The first kappa shape index (κ1) is 62.1. The summed E-state index contributed by atoms with van der Waals surface area (Å²) in [5, 5.41) is 0.470. The molecule has 0 spiro atoms. The maximum atomic E-state index is 17.9. The maximum absolute atomic E-state index is 17.9. The summed E-state index contributed by atoms with van der Waals surface area (Å²) in [5.74, 6) is -0.956. The van der Waals surface area contributed by atoms with Gasteiger partial charge in [0, 0.05) is 69.9 Å². The molecule has 2 aromatic heterocycles. The van der Waals surface area contributed by atoms with E-state index in [4.69, 9.17) is 44.6 Å². The quantitative estimate of drug-likeness (QED) is 0.0124. The number of alkyl halides is 1. The van der Waals surface area contributed by atoms with E-state index in [-0.39, 0.29) is 114 Å². The summed E-state index contributed by atoms with van der Waals surface area (Å²) in [5.41, 5.74) is -1.51. The van der Waals surface area contributed by atoms with Crippen molar-refractivity contribution < 1.29 is 70.3 Å². The molecule has 0 aliphatic carbocycles.